The van der Waals surface area contributed by atoms with Crippen molar-refractivity contribution in [2.45, 2.75) is 6.42 Å². The number of nitrogens with zero attached hydrogens (tertiary/aromatic N) is 2. The summed E-state index contributed by atoms with van der Waals surface area (Å²) in [5.41, 5.74) is 1.97. The van der Waals surface area contributed by atoms with Crippen LogP contribution in [-0.2, 0) is 9.53 Å². The molecule has 18 heavy (non-hydrogen) atoms. The molecule has 0 spiro atoms. The fourth-order valence-corrected chi connectivity index (χ4v) is 1.42. The highest BCUT2D eigenvalue weighted by Crippen LogP contribution is 2.14. The average molecular weight is 244 g/mol. The Morgan fingerprint density at radius 3 is 2.67 bits per heavy atom. The summed E-state index contributed by atoms with van der Waals surface area (Å²) in [6.45, 7) is 0.702. The highest BCUT2D eigenvalue weighted by molar-refractivity contribution is 5.86. The van der Waals surface area contributed by atoms with E-state index in [-0.39, 0.29) is 5.97 Å². The molecule has 0 unspecified atom stereocenters. The number of carbonyl (C=O) groups excluding carboxylic acids is 1. The quantitative estimate of drug-likeness (QED) is 0.588. The zero-order chi connectivity index (χ0) is 13.4. The molecule has 4 heteroatoms. The van der Waals surface area contributed by atoms with Crippen LogP contribution in [0.4, 0.5) is 5.69 Å². The molecule has 0 N–H and O–H groups in total. The first-order valence-corrected chi connectivity index (χ1v) is 5.61. The number of anilines is 1. The SMILES string of the molecule is COC(=O)C=Cc1ccc(N(C)CCC#N)cc1. The summed E-state index contributed by atoms with van der Waals surface area (Å²) in [4.78, 5) is 12.9. The second kappa shape index (κ2) is 7.13. The molecule has 0 aliphatic rings. The molecule has 0 aromatic heterocycles. The summed E-state index contributed by atoms with van der Waals surface area (Å²) in [5.74, 6) is -0.370. The van der Waals surface area contributed by atoms with Gasteiger partial charge in [-0.15, -0.1) is 0 Å². The molecule has 0 aliphatic heterocycles. The predicted octanol–water partition coefficient (Wildman–Crippen LogP) is 2.22. The van der Waals surface area contributed by atoms with Crippen LogP contribution in [0.1, 0.15) is 12.0 Å². The minimum absolute atomic E-state index is 0.370. The van der Waals surface area contributed by atoms with Crippen LogP contribution in [0.5, 0.6) is 0 Å². The number of rotatable bonds is 5. The third-order valence-corrected chi connectivity index (χ3v) is 2.51. The molecule has 0 bridgehead atoms. The molecule has 0 amide bonds. The van der Waals surface area contributed by atoms with Crippen LogP contribution in [0.3, 0.4) is 0 Å². The lowest BCUT2D eigenvalue weighted by molar-refractivity contribution is -0.134. The third-order valence-electron chi connectivity index (χ3n) is 2.51. The standard InChI is InChI=1S/C14H16N2O2/c1-16(11-3-10-15)13-7-4-12(5-8-13)6-9-14(17)18-2/h4-9H,3,11H2,1-2H3. The van der Waals surface area contributed by atoms with Crippen molar-refractivity contribution < 1.29 is 9.53 Å². The van der Waals surface area contributed by atoms with Crippen molar-refractivity contribution in [1.29, 1.82) is 5.26 Å². The summed E-state index contributed by atoms with van der Waals surface area (Å²) in [7, 11) is 3.29. The second-order valence-electron chi connectivity index (χ2n) is 3.78. The third kappa shape index (κ3) is 4.30. The van der Waals surface area contributed by atoms with Gasteiger partial charge in [-0.2, -0.15) is 5.26 Å². The number of carbonyl (C=O) groups is 1. The Balaban J connectivity index is 2.65. The normalized spacial score (nSPS) is 10.1. The summed E-state index contributed by atoms with van der Waals surface area (Å²) in [6.07, 6.45) is 3.58. The molecule has 0 saturated carbocycles. The van der Waals surface area contributed by atoms with Gasteiger partial charge in [0.15, 0.2) is 0 Å². The molecule has 0 heterocycles. The first-order valence-electron chi connectivity index (χ1n) is 5.61. The van der Waals surface area contributed by atoms with E-state index in [1.54, 1.807) is 6.08 Å². The van der Waals surface area contributed by atoms with Crippen LogP contribution in [0.15, 0.2) is 30.3 Å². The van der Waals surface area contributed by atoms with Crippen molar-refractivity contribution in [3.63, 3.8) is 0 Å². The predicted molar refractivity (Wildman–Crippen MR) is 71.0 cm³/mol. The van der Waals surface area contributed by atoms with Gasteiger partial charge in [0, 0.05) is 25.4 Å². The highest BCUT2D eigenvalue weighted by atomic mass is 16.5. The second-order valence-corrected chi connectivity index (χ2v) is 3.78. The first kappa shape index (κ1) is 13.8. The van der Waals surface area contributed by atoms with E-state index in [0.717, 1.165) is 11.3 Å². The van der Waals surface area contributed by atoms with Crippen LogP contribution in [0, 0.1) is 11.3 Å². The maximum absolute atomic E-state index is 10.9. The van der Waals surface area contributed by atoms with Gasteiger partial charge in [-0.1, -0.05) is 12.1 Å². The van der Waals surface area contributed by atoms with Gasteiger partial charge in [-0.3, -0.25) is 0 Å². The van der Waals surface area contributed by atoms with Gasteiger partial charge in [-0.05, 0) is 23.8 Å². The van der Waals surface area contributed by atoms with Crippen molar-refractivity contribution in [3.05, 3.63) is 35.9 Å². The van der Waals surface area contributed by atoms with Crippen LogP contribution in [-0.4, -0.2) is 26.7 Å². The lowest BCUT2D eigenvalue weighted by Crippen LogP contribution is -2.17. The molecule has 0 atom stereocenters. The van der Waals surface area contributed by atoms with Crippen molar-refractivity contribution in [3.8, 4) is 6.07 Å². The van der Waals surface area contributed by atoms with E-state index in [2.05, 4.69) is 10.8 Å². The number of nitriles is 1. The maximum Gasteiger partial charge on any atom is 0.330 e. The monoisotopic (exact) mass is 244 g/mol. The van der Waals surface area contributed by atoms with Crippen molar-refractivity contribution >= 4 is 17.7 Å². The average Bonchev–Trinajstić information content (AvgIpc) is 2.42. The fourth-order valence-electron chi connectivity index (χ4n) is 1.42. The molecule has 1 aromatic carbocycles. The number of hydrogen-bond acceptors (Lipinski definition) is 4. The topological polar surface area (TPSA) is 53.3 Å². The van der Waals surface area contributed by atoms with Gasteiger partial charge in [0.05, 0.1) is 19.6 Å². The molecule has 0 aliphatic carbocycles. The van der Waals surface area contributed by atoms with E-state index in [1.807, 2.05) is 36.2 Å². The van der Waals surface area contributed by atoms with E-state index in [4.69, 9.17) is 5.26 Å². The molecule has 0 radical (unpaired) electrons. The molecule has 0 fully saturated rings. The van der Waals surface area contributed by atoms with Crippen molar-refractivity contribution in [1.82, 2.24) is 0 Å². The number of esters is 1. The zero-order valence-corrected chi connectivity index (χ0v) is 10.6. The lowest BCUT2D eigenvalue weighted by Gasteiger charge is -2.17. The van der Waals surface area contributed by atoms with E-state index < -0.39 is 0 Å². The van der Waals surface area contributed by atoms with Crippen LogP contribution in [0.25, 0.3) is 6.08 Å². The summed E-state index contributed by atoms with van der Waals surface area (Å²) in [5, 5.41) is 8.52. The van der Waals surface area contributed by atoms with Crippen LogP contribution < -0.4 is 4.90 Å². The van der Waals surface area contributed by atoms with Crippen molar-refractivity contribution in [2.75, 3.05) is 25.6 Å². The first-order chi connectivity index (χ1) is 8.67. The van der Waals surface area contributed by atoms with Gasteiger partial charge >= 0.3 is 5.97 Å². The Kier molecular flexibility index (Phi) is 5.46. The van der Waals surface area contributed by atoms with Gasteiger partial charge in [-0.25, -0.2) is 4.79 Å². The van der Waals surface area contributed by atoms with Crippen LogP contribution in [0.2, 0.25) is 0 Å². The Bertz CT molecular complexity index is 458. The number of methoxy groups -OCH3 is 1. The summed E-state index contributed by atoms with van der Waals surface area (Å²) >= 11 is 0. The maximum atomic E-state index is 10.9. The van der Waals surface area contributed by atoms with Gasteiger partial charge in [0.25, 0.3) is 0 Å². The van der Waals surface area contributed by atoms with Crippen molar-refractivity contribution in [2.24, 2.45) is 0 Å². The van der Waals surface area contributed by atoms with E-state index in [0.29, 0.717) is 13.0 Å². The summed E-state index contributed by atoms with van der Waals surface area (Å²) < 4.78 is 4.51. The Morgan fingerprint density at radius 2 is 2.11 bits per heavy atom. The molecule has 4 nitrogen and oxygen atoms in total. The highest BCUT2D eigenvalue weighted by Gasteiger charge is 1.99. The molecule has 1 rings (SSSR count). The molecular formula is C14H16N2O2. The van der Waals surface area contributed by atoms with E-state index in [9.17, 15) is 4.79 Å². The summed E-state index contributed by atoms with van der Waals surface area (Å²) in [6, 6.07) is 9.85. The molecule has 94 valence electrons. The van der Waals surface area contributed by atoms with Crippen LogP contribution >= 0.6 is 0 Å². The van der Waals surface area contributed by atoms with Gasteiger partial charge in [0.1, 0.15) is 0 Å². The Hall–Kier alpha value is -2.28. The lowest BCUT2D eigenvalue weighted by atomic mass is 10.2. The number of benzene rings is 1. The Morgan fingerprint density at radius 1 is 1.44 bits per heavy atom. The smallest absolute Gasteiger partial charge is 0.330 e. The molecular weight excluding hydrogens is 228 g/mol. The van der Waals surface area contributed by atoms with Gasteiger partial charge in [0.2, 0.25) is 0 Å². The largest absolute Gasteiger partial charge is 0.466 e. The Labute approximate surface area is 107 Å². The molecule has 1 aromatic rings. The van der Waals surface area contributed by atoms with Gasteiger partial charge < -0.3 is 9.64 Å². The number of ether oxygens (including phenoxy) is 1. The van der Waals surface area contributed by atoms with E-state index >= 15 is 0 Å². The minimum atomic E-state index is -0.370. The van der Waals surface area contributed by atoms with E-state index in [1.165, 1.54) is 13.2 Å². The number of hydrogen-bond donors (Lipinski definition) is 0. The molecule has 0 saturated heterocycles. The fraction of sp³-hybridized carbons (Fsp3) is 0.286. The minimum Gasteiger partial charge on any atom is -0.466 e. The zero-order valence-electron chi connectivity index (χ0n) is 10.6.